The van der Waals surface area contributed by atoms with Crippen molar-refractivity contribution in [1.29, 1.82) is 0 Å². The van der Waals surface area contributed by atoms with E-state index in [1.807, 2.05) is 0 Å². The van der Waals surface area contributed by atoms with Crippen molar-refractivity contribution >= 4 is 17.4 Å². The molecule has 2 fully saturated rings. The Bertz CT molecular complexity index is 639. The number of nitrogens with two attached hydrogens (primary N) is 1. The number of nitro groups is 1. The average Bonchev–Trinajstić information content (AvgIpc) is 3.09. The zero-order chi connectivity index (χ0) is 17.8. The summed E-state index contributed by atoms with van der Waals surface area (Å²) in [4.78, 5) is 28.3. The second-order valence-corrected chi connectivity index (χ2v) is 6.66. The lowest BCUT2D eigenvalue weighted by Gasteiger charge is -2.34. The molecular weight excluding hydrogens is 326 g/mol. The molecule has 2 aliphatic heterocycles. The van der Waals surface area contributed by atoms with Gasteiger partial charge in [0.15, 0.2) is 0 Å². The third-order valence-corrected chi connectivity index (χ3v) is 4.82. The molecule has 1 amide bonds. The summed E-state index contributed by atoms with van der Waals surface area (Å²) in [6.07, 6.45) is 4.12. The highest BCUT2D eigenvalue weighted by Gasteiger charge is 2.25. The Hall–Kier alpha value is -2.26. The number of carbonyl (C=O) groups excluding carboxylic acids is 1. The van der Waals surface area contributed by atoms with Crippen LogP contribution >= 0.6 is 0 Å². The molecule has 1 aromatic heterocycles. The Balaban J connectivity index is 1.58. The Labute approximate surface area is 145 Å². The van der Waals surface area contributed by atoms with Gasteiger partial charge in [0, 0.05) is 38.3 Å². The van der Waals surface area contributed by atoms with E-state index in [9.17, 15) is 14.9 Å². The lowest BCUT2D eigenvalue weighted by atomic mass is 10.0. The minimum Gasteiger partial charge on any atom is -0.381 e. The maximum atomic E-state index is 11.6. The van der Waals surface area contributed by atoms with Gasteiger partial charge in [-0.3, -0.25) is 14.9 Å². The summed E-state index contributed by atoms with van der Waals surface area (Å²) in [6.45, 7) is 4.71. The summed E-state index contributed by atoms with van der Waals surface area (Å²) in [7, 11) is 0. The van der Waals surface area contributed by atoms with Crippen molar-refractivity contribution in [2.45, 2.75) is 25.3 Å². The van der Waals surface area contributed by atoms with Crippen LogP contribution in [-0.4, -0.2) is 59.6 Å². The first kappa shape index (κ1) is 17.6. The van der Waals surface area contributed by atoms with Gasteiger partial charge in [0.05, 0.1) is 17.1 Å². The van der Waals surface area contributed by atoms with Crippen molar-refractivity contribution < 1.29 is 14.5 Å². The topological polar surface area (TPSA) is 124 Å². The predicted molar refractivity (Wildman–Crippen MR) is 91.4 cm³/mol. The predicted octanol–water partition coefficient (Wildman–Crippen LogP) is 1.00. The minimum absolute atomic E-state index is 0.0553. The molecule has 9 nitrogen and oxygen atoms in total. The molecule has 1 atom stereocenters. The number of likely N-dealkylation sites (tertiary alicyclic amines) is 1. The first-order valence-electron chi connectivity index (χ1n) is 8.54. The van der Waals surface area contributed by atoms with Gasteiger partial charge in [-0.15, -0.1) is 0 Å². The van der Waals surface area contributed by atoms with E-state index in [1.165, 1.54) is 6.07 Å². The number of rotatable bonds is 6. The summed E-state index contributed by atoms with van der Waals surface area (Å²) in [6, 6.07) is 1.34. The second-order valence-electron chi connectivity index (χ2n) is 6.66. The maximum absolute atomic E-state index is 11.6. The summed E-state index contributed by atoms with van der Waals surface area (Å²) in [5.41, 5.74) is 5.15. The van der Waals surface area contributed by atoms with Gasteiger partial charge in [-0.2, -0.15) is 0 Å². The van der Waals surface area contributed by atoms with Crippen LogP contribution in [0, 0.1) is 16.0 Å². The van der Waals surface area contributed by atoms with Crippen LogP contribution in [0.4, 0.5) is 11.5 Å². The molecule has 3 heterocycles. The van der Waals surface area contributed by atoms with E-state index in [2.05, 4.69) is 15.2 Å². The quantitative estimate of drug-likeness (QED) is 0.580. The van der Waals surface area contributed by atoms with Crippen LogP contribution in [-0.2, 0) is 4.74 Å². The summed E-state index contributed by atoms with van der Waals surface area (Å²) in [5.74, 6) is 0.223. The molecule has 0 saturated carbocycles. The lowest BCUT2D eigenvalue weighted by molar-refractivity contribution is -0.385. The highest BCUT2D eigenvalue weighted by atomic mass is 16.6. The molecule has 0 aromatic carbocycles. The fourth-order valence-corrected chi connectivity index (χ4v) is 3.40. The zero-order valence-electron chi connectivity index (χ0n) is 14.0. The maximum Gasteiger partial charge on any atom is 0.288 e. The van der Waals surface area contributed by atoms with Gasteiger partial charge in [0.2, 0.25) is 0 Å². The zero-order valence-corrected chi connectivity index (χ0v) is 14.0. The first-order valence-corrected chi connectivity index (χ1v) is 8.54. The van der Waals surface area contributed by atoms with E-state index in [4.69, 9.17) is 10.5 Å². The number of nitrogens with one attached hydrogen (secondary N) is 1. The number of amides is 1. The number of ether oxygens (including phenoxy) is 1. The van der Waals surface area contributed by atoms with Gasteiger partial charge >= 0.3 is 0 Å². The molecule has 0 spiro atoms. The van der Waals surface area contributed by atoms with Crippen LogP contribution in [0.5, 0.6) is 0 Å². The molecular formula is C16H23N5O4. The Morgan fingerprint density at radius 3 is 2.80 bits per heavy atom. The highest BCUT2D eigenvalue weighted by Crippen LogP contribution is 2.23. The minimum atomic E-state index is -0.725. The van der Waals surface area contributed by atoms with E-state index in [0.717, 1.165) is 58.3 Å². The van der Waals surface area contributed by atoms with Crippen molar-refractivity contribution in [2.75, 3.05) is 38.2 Å². The SMILES string of the molecule is NC(=O)c1cc([N+](=O)[O-])cnc1NC1CCN(CC2CCOC2)CC1. The van der Waals surface area contributed by atoms with E-state index in [0.29, 0.717) is 11.7 Å². The van der Waals surface area contributed by atoms with Crippen LogP contribution in [0.25, 0.3) is 0 Å². The van der Waals surface area contributed by atoms with E-state index in [-0.39, 0.29) is 17.3 Å². The van der Waals surface area contributed by atoms with Gasteiger partial charge in [0.1, 0.15) is 12.0 Å². The third kappa shape index (κ3) is 4.43. The van der Waals surface area contributed by atoms with Crippen molar-refractivity contribution in [3.05, 3.63) is 27.9 Å². The summed E-state index contributed by atoms with van der Waals surface area (Å²) < 4.78 is 5.42. The fraction of sp³-hybridized carbons (Fsp3) is 0.625. The second kappa shape index (κ2) is 7.75. The van der Waals surface area contributed by atoms with Crippen LogP contribution in [0.1, 0.15) is 29.6 Å². The number of nitrogens with zero attached hydrogens (tertiary/aromatic N) is 3. The molecule has 1 aromatic rings. The number of pyridine rings is 1. The normalized spacial score (nSPS) is 22.0. The monoisotopic (exact) mass is 349 g/mol. The van der Waals surface area contributed by atoms with Crippen LogP contribution in [0.15, 0.2) is 12.3 Å². The standard InChI is InChI=1S/C16H23N5O4/c17-15(22)14-7-13(21(23)24)8-18-16(14)19-12-1-4-20(5-2-12)9-11-3-6-25-10-11/h7-8,11-12H,1-6,9-10H2,(H2,17,22)(H,18,19). The third-order valence-electron chi connectivity index (χ3n) is 4.82. The number of carbonyl (C=O) groups is 1. The van der Waals surface area contributed by atoms with Crippen LogP contribution in [0.2, 0.25) is 0 Å². The molecule has 3 N–H and O–H groups in total. The van der Waals surface area contributed by atoms with E-state index in [1.54, 1.807) is 0 Å². The molecule has 25 heavy (non-hydrogen) atoms. The highest BCUT2D eigenvalue weighted by molar-refractivity contribution is 5.98. The van der Waals surface area contributed by atoms with Crippen LogP contribution in [0.3, 0.4) is 0 Å². The molecule has 136 valence electrons. The average molecular weight is 349 g/mol. The van der Waals surface area contributed by atoms with E-state index < -0.39 is 10.8 Å². The summed E-state index contributed by atoms with van der Waals surface area (Å²) >= 11 is 0. The first-order chi connectivity index (χ1) is 12.0. The van der Waals surface area contributed by atoms with Gasteiger partial charge in [-0.25, -0.2) is 4.98 Å². The van der Waals surface area contributed by atoms with Crippen molar-refractivity contribution in [3.63, 3.8) is 0 Å². The Morgan fingerprint density at radius 1 is 1.44 bits per heavy atom. The number of aromatic nitrogens is 1. The molecule has 3 rings (SSSR count). The number of primary amides is 1. The van der Waals surface area contributed by atoms with Crippen molar-refractivity contribution in [2.24, 2.45) is 11.7 Å². The number of hydrogen-bond acceptors (Lipinski definition) is 7. The smallest absolute Gasteiger partial charge is 0.288 e. The Kier molecular flexibility index (Phi) is 5.44. The number of hydrogen-bond donors (Lipinski definition) is 2. The molecule has 2 aliphatic rings. The molecule has 0 aliphatic carbocycles. The van der Waals surface area contributed by atoms with Crippen LogP contribution < -0.4 is 11.1 Å². The molecule has 2 saturated heterocycles. The van der Waals surface area contributed by atoms with Gasteiger partial charge in [0.25, 0.3) is 11.6 Å². The summed E-state index contributed by atoms with van der Waals surface area (Å²) in [5, 5.41) is 14.1. The molecule has 0 bridgehead atoms. The number of anilines is 1. The van der Waals surface area contributed by atoms with Gasteiger partial charge in [-0.1, -0.05) is 0 Å². The van der Waals surface area contributed by atoms with Crippen molar-refractivity contribution in [3.8, 4) is 0 Å². The largest absolute Gasteiger partial charge is 0.381 e. The Morgan fingerprint density at radius 2 is 2.20 bits per heavy atom. The molecule has 1 unspecified atom stereocenters. The van der Waals surface area contributed by atoms with Gasteiger partial charge < -0.3 is 20.7 Å². The lowest BCUT2D eigenvalue weighted by Crippen LogP contribution is -2.41. The van der Waals surface area contributed by atoms with E-state index >= 15 is 0 Å². The van der Waals surface area contributed by atoms with Gasteiger partial charge in [-0.05, 0) is 25.2 Å². The number of piperidine rings is 1. The molecule has 9 heteroatoms. The fourth-order valence-electron chi connectivity index (χ4n) is 3.40. The van der Waals surface area contributed by atoms with Crippen molar-refractivity contribution in [1.82, 2.24) is 9.88 Å². The molecule has 0 radical (unpaired) electrons.